The van der Waals surface area contributed by atoms with Crippen molar-refractivity contribution in [3.05, 3.63) is 120 Å². The lowest BCUT2D eigenvalue weighted by Gasteiger charge is -2.15. The Morgan fingerprint density at radius 2 is 1.49 bits per heavy atom. The van der Waals surface area contributed by atoms with Crippen LogP contribution in [0.25, 0.3) is 10.8 Å². The molecule has 204 valence electrons. The van der Waals surface area contributed by atoms with Gasteiger partial charge in [-0.25, -0.2) is 0 Å². The normalized spacial score (nSPS) is 11.0. The van der Waals surface area contributed by atoms with Crippen molar-refractivity contribution in [3.63, 3.8) is 0 Å². The van der Waals surface area contributed by atoms with Crippen molar-refractivity contribution in [1.29, 1.82) is 0 Å². The number of phenolic OH excluding ortho intramolecular Hbond substituents is 1. The number of hydrogen-bond donors (Lipinski definition) is 3. The van der Waals surface area contributed by atoms with Crippen molar-refractivity contribution in [2.75, 3.05) is 17.7 Å². The van der Waals surface area contributed by atoms with Crippen LogP contribution in [0.3, 0.4) is 0 Å². The molecule has 0 fully saturated rings. The summed E-state index contributed by atoms with van der Waals surface area (Å²) in [5.74, 6) is -0.581. The largest absolute Gasteiger partial charge is 0.505 e. The number of aryl methyl sites for hydroxylation is 1. The summed E-state index contributed by atoms with van der Waals surface area (Å²) in [7, 11) is 1.52. The van der Waals surface area contributed by atoms with Crippen LogP contribution in [-0.4, -0.2) is 24.0 Å². The van der Waals surface area contributed by atoms with Crippen LogP contribution in [0.4, 0.5) is 22.7 Å². The molecule has 3 N–H and O–H groups in total. The molecule has 0 aromatic heterocycles. The van der Waals surface area contributed by atoms with Gasteiger partial charge in [0.15, 0.2) is 5.75 Å². The number of nitrogens with zero attached hydrogens (tertiary/aromatic N) is 2. The number of rotatable bonds is 8. The first-order valence-corrected chi connectivity index (χ1v) is 13.1. The number of fused-ring (bicyclic) bond motifs is 1. The third-order valence-electron chi connectivity index (χ3n) is 6.58. The molecule has 0 bridgehead atoms. The van der Waals surface area contributed by atoms with Gasteiger partial charge in [-0.15, -0.1) is 5.11 Å². The number of aromatic hydroxyl groups is 1. The highest BCUT2D eigenvalue weighted by Crippen LogP contribution is 2.41. The summed E-state index contributed by atoms with van der Waals surface area (Å²) in [6.07, 6.45) is 0.591. The first kappa shape index (κ1) is 27.1. The van der Waals surface area contributed by atoms with Crippen LogP contribution in [0.1, 0.15) is 33.2 Å². The van der Waals surface area contributed by atoms with Crippen molar-refractivity contribution >= 4 is 45.3 Å². The fourth-order valence-corrected chi connectivity index (χ4v) is 4.49. The van der Waals surface area contributed by atoms with Gasteiger partial charge in [-0.1, -0.05) is 67.6 Å². The van der Waals surface area contributed by atoms with Gasteiger partial charge in [0, 0.05) is 22.7 Å². The Labute approximate surface area is 237 Å². The van der Waals surface area contributed by atoms with Crippen LogP contribution in [0, 0.1) is 0 Å². The molecule has 0 unspecified atom stereocenters. The smallest absolute Gasteiger partial charge is 0.259 e. The summed E-state index contributed by atoms with van der Waals surface area (Å²) in [5.41, 5.74) is 3.18. The molecule has 0 aliphatic rings. The van der Waals surface area contributed by atoms with Crippen molar-refractivity contribution in [2.24, 2.45) is 10.2 Å². The van der Waals surface area contributed by atoms with Gasteiger partial charge in [0.2, 0.25) is 0 Å². The summed E-state index contributed by atoms with van der Waals surface area (Å²) in [6.45, 7) is 1.96. The number of phenols is 1. The minimum absolute atomic E-state index is 0.0762. The average molecular weight is 545 g/mol. The summed E-state index contributed by atoms with van der Waals surface area (Å²) in [5, 5.41) is 27.1. The topological polar surface area (TPSA) is 112 Å². The Kier molecular flexibility index (Phi) is 8.01. The zero-order valence-corrected chi connectivity index (χ0v) is 22.6. The van der Waals surface area contributed by atoms with Gasteiger partial charge < -0.3 is 20.5 Å². The fourth-order valence-electron chi connectivity index (χ4n) is 4.49. The molecule has 5 aromatic rings. The molecule has 5 rings (SSSR count). The molecule has 0 spiro atoms. The molecular weight excluding hydrogens is 516 g/mol. The zero-order valence-electron chi connectivity index (χ0n) is 22.6. The van der Waals surface area contributed by atoms with E-state index in [2.05, 4.69) is 20.9 Å². The lowest BCUT2D eigenvalue weighted by Crippen LogP contribution is -2.14. The van der Waals surface area contributed by atoms with E-state index >= 15 is 0 Å². The number of methoxy groups -OCH3 is 1. The highest BCUT2D eigenvalue weighted by molar-refractivity contribution is 6.11. The zero-order chi connectivity index (χ0) is 28.8. The Hall–Kier alpha value is -5.50. The number of hydrogen-bond acceptors (Lipinski definition) is 6. The Bertz CT molecular complexity index is 1730. The minimum atomic E-state index is -0.468. The quantitative estimate of drug-likeness (QED) is 0.172. The van der Waals surface area contributed by atoms with E-state index in [1.54, 1.807) is 54.6 Å². The SMILES string of the molecule is CCc1cc(N=Nc2c(O)c(C(=O)Nc3ccccc3)cc3ccccc23)cc(OC)c1NC(=O)c1ccccc1. The Morgan fingerprint density at radius 1 is 0.805 bits per heavy atom. The minimum Gasteiger partial charge on any atom is -0.505 e. The van der Waals surface area contributed by atoms with Crippen LogP contribution in [-0.2, 0) is 6.42 Å². The number of para-hydroxylation sites is 1. The van der Waals surface area contributed by atoms with Gasteiger partial charge in [0.25, 0.3) is 11.8 Å². The van der Waals surface area contributed by atoms with E-state index in [9.17, 15) is 14.7 Å². The number of ether oxygens (including phenoxy) is 1. The Balaban J connectivity index is 1.51. The number of carbonyl (C=O) groups is 2. The van der Waals surface area contributed by atoms with Crippen LogP contribution >= 0.6 is 0 Å². The first-order valence-electron chi connectivity index (χ1n) is 13.1. The van der Waals surface area contributed by atoms with Crippen LogP contribution in [0.15, 0.2) is 113 Å². The van der Waals surface area contributed by atoms with Gasteiger partial charge in [-0.05, 0) is 53.8 Å². The molecular formula is C33H28N4O4. The van der Waals surface area contributed by atoms with Gasteiger partial charge in [-0.3, -0.25) is 9.59 Å². The molecule has 5 aromatic carbocycles. The van der Waals surface area contributed by atoms with Crippen LogP contribution in [0.2, 0.25) is 0 Å². The molecule has 0 heterocycles. The highest BCUT2D eigenvalue weighted by Gasteiger charge is 2.19. The van der Waals surface area contributed by atoms with E-state index < -0.39 is 5.91 Å². The Morgan fingerprint density at radius 3 is 2.20 bits per heavy atom. The van der Waals surface area contributed by atoms with E-state index in [4.69, 9.17) is 4.74 Å². The fraction of sp³-hybridized carbons (Fsp3) is 0.0909. The van der Waals surface area contributed by atoms with E-state index in [1.807, 2.05) is 55.5 Å². The molecule has 0 saturated heterocycles. The maximum Gasteiger partial charge on any atom is 0.259 e. The van der Waals surface area contributed by atoms with Crippen molar-refractivity contribution in [2.45, 2.75) is 13.3 Å². The summed E-state index contributed by atoms with van der Waals surface area (Å²) in [4.78, 5) is 25.9. The molecule has 8 heteroatoms. The number of amides is 2. The molecule has 2 amide bonds. The van der Waals surface area contributed by atoms with Gasteiger partial charge in [0.05, 0.1) is 24.0 Å². The number of azo groups is 1. The van der Waals surface area contributed by atoms with Crippen LogP contribution in [0.5, 0.6) is 11.5 Å². The lowest BCUT2D eigenvalue weighted by atomic mass is 10.0. The molecule has 0 radical (unpaired) electrons. The molecule has 8 nitrogen and oxygen atoms in total. The van der Waals surface area contributed by atoms with Gasteiger partial charge in [0.1, 0.15) is 11.4 Å². The molecule has 0 saturated carbocycles. The summed E-state index contributed by atoms with van der Waals surface area (Å²) < 4.78 is 5.60. The molecule has 0 aliphatic carbocycles. The second kappa shape index (κ2) is 12.1. The average Bonchev–Trinajstić information content (AvgIpc) is 3.01. The van der Waals surface area contributed by atoms with Gasteiger partial charge in [-0.2, -0.15) is 5.11 Å². The first-order chi connectivity index (χ1) is 20.0. The van der Waals surface area contributed by atoms with Crippen molar-refractivity contribution < 1.29 is 19.4 Å². The van der Waals surface area contributed by atoms with Gasteiger partial charge >= 0.3 is 0 Å². The summed E-state index contributed by atoms with van der Waals surface area (Å²) >= 11 is 0. The van der Waals surface area contributed by atoms with Crippen LogP contribution < -0.4 is 15.4 Å². The third-order valence-corrected chi connectivity index (χ3v) is 6.58. The predicted molar refractivity (Wildman–Crippen MR) is 161 cm³/mol. The van der Waals surface area contributed by atoms with E-state index in [1.165, 1.54) is 7.11 Å². The third kappa shape index (κ3) is 5.91. The lowest BCUT2D eigenvalue weighted by molar-refractivity contribution is 0.101. The number of anilines is 2. The monoisotopic (exact) mass is 544 g/mol. The molecule has 41 heavy (non-hydrogen) atoms. The maximum atomic E-state index is 13.1. The number of nitrogens with one attached hydrogen (secondary N) is 2. The predicted octanol–water partition coefficient (Wildman–Crippen LogP) is 8.04. The standard InChI is InChI=1S/C33H28N4O4/c1-3-21-18-25(20-28(41-2)29(21)35-32(39)22-12-6-4-7-13-22)36-37-30-26-17-11-10-14-23(26)19-27(31(30)38)33(40)34-24-15-8-5-9-16-24/h4-20,38H,3H2,1-2H3,(H,34,40)(H,35,39). The number of benzene rings is 5. The second-order valence-corrected chi connectivity index (χ2v) is 9.22. The highest BCUT2D eigenvalue weighted by atomic mass is 16.5. The van der Waals surface area contributed by atoms with Crippen molar-refractivity contribution in [3.8, 4) is 11.5 Å². The number of carbonyl (C=O) groups excluding carboxylic acids is 2. The molecule has 0 aliphatic heterocycles. The van der Waals surface area contributed by atoms with Crippen molar-refractivity contribution in [1.82, 2.24) is 0 Å². The van der Waals surface area contributed by atoms with E-state index in [-0.39, 0.29) is 22.9 Å². The summed E-state index contributed by atoms with van der Waals surface area (Å²) in [6, 6.07) is 30.3. The molecule has 0 atom stereocenters. The van der Waals surface area contributed by atoms with E-state index in [0.717, 1.165) is 10.9 Å². The maximum absolute atomic E-state index is 13.1. The van der Waals surface area contributed by atoms with E-state index in [0.29, 0.717) is 40.2 Å². The second-order valence-electron chi connectivity index (χ2n) is 9.22.